The molecule has 0 amide bonds. The van der Waals surface area contributed by atoms with Crippen molar-refractivity contribution in [1.82, 2.24) is 14.7 Å². The van der Waals surface area contributed by atoms with Gasteiger partial charge >= 0.3 is 0 Å². The van der Waals surface area contributed by atoms with E-state index in [9.17, 15) is 0 Å². The van der Waals surface area contributed by atoms with Crippen LogP contribution in [0.4, 0.5) is 0 Å². The highest BCUT2D eigenvalue weighted by Gasteiger charge is 2.16. The lowest BCUT2D eigenvalue weighted by Crippen LogP contribution is -2.42. The Bertz CT molecular complexity index is 233. The summed E-state index contributed by atoms with van der Waals surface area (Å²) < 4.78 is 5.39. The van der Waals surface area contributed by atoms with Crippen molar-refractivity contribution in [2.24, 2.45) is 5.73 Å². The van der Waals surface area contributed by atoms with E-state index in [2.05, 4.69) is 14.7 Å². The number of morpholine rings is 1. The molecule has 0 aromatic rings. The van der Waals surface area contributed by atoms with Crippen molar-refractivity contribution >= 4 is 0 Å². The quantitative estimate of drug-likeness (QED) is 0.716. The standard InChI is InChI=1S/C14H30N4O/c15-3-1-4-16-5-2-6-17(8-7-16)9-10-18-11-13-19-14-12-18/h1-15H2. The van der Waals surface area contributed by atoms with Crippen LogP contribution in [0.5, 0.6) is 0 Å². The van der Waals surface area contributed by atoms with Crippen LogP contribution >= 0.6 is 0 Å². The zero-order valence-corrected chi connectivity index (χ0v) is 12.2. The molecule has 5 heteroatoms. The highest BCUT2D eigenvalue weighted by Crippen LogP contribution is 2.04. The van der Waals surface area contributed by atoms with Crippen LogP contribution in [-0.4, -0.2) is 93.4 Å². The summed E-state index contributed by atoms with van der Waals surface area (Å²) in [6.07, 6.45) is 2.43. The Morgan fingerprint density at radius 2 is 1.32 bits per heavy atom. The zero-order chi connectivity index (χ0) is 13.3. The van der Waals surface area contributed by atoms with E-state index < -0.39 is 0 Å². The van der Waals surface area contributed by atoms with Crippen molar-refractivity contribution < 1.29 is 4.74 Å². The van der Waals surface area contributed by atoms with Gasteiger partial charge in [-0.25, -0.2) is 0 Å². The number of hydrogen-bond acceptors (Lipinski definition) is 5. The molecule has 112 valence electrons. The van der Waals surface area contributed by atoms with Crippen molar-refractivity contribution in [1.29, 1.82) is 0 Å². The molecular weight excluding hydrogens is 240 g/mol. The largest absolute Gasteiger partial charge is 0.379 e. The molecule has 2 heterocycles. The third-order valence-corrected chi connectivity index (χ3v) is 4.20. The molecular formula is C14H30N4O. The van der Waals surface area contributed by atoms with Crippen LogP contribution in [0.1, 0.15) is 12.8 Å². The number of hydrogen-bond donors (Lipinski definition) is 1. The van der Waals surface area contributed by atoms with Gasteiger partial charge in [-0.2, -0.15) is 0 Å². The first kappa shape index (κ1) is 15.2. The lowest BCUT2D eigenvalue weighted by molar-refractivity contribution is 0.0335. The van der Waals surface area contributed by atoms with Crippen LogP contribution in [0, 0.1) is 0 Å². The van der Waals surface area contributed by atoms with E-state index in [1.165, 1.54) is 52.2 Å². The van der Waals surface area contributed by atoms with Gasteiger partial charge in [0.1, 0.15) is 0 Å². The molecule has 0 radical (unpaired) electrons. The molecule has 0 aromatic carbocycles. The van der Waals surface area contributed by atoms with Gasteiger partial charge in [-0.05, 0) is 39.0 Å². The van der Waals surface area contributed by atoms with Crippen molar-refractivity contribution in [3.05, 3.63) is 0 Å². The number of rotatable bonds is 6. The monoisotopic (exact) mass is 270 g/mol. The normalized spacial score (nSPS) is 24.5. The third-order valence-electron chi connectivity index (χ3n) is 4.20. The van der Waals surface area contributed by atoms with E-state index in [4.69, 9.17) is 10.5 Å². The average Bonchev–Trinajstić information content (AvgIpc) is 2.69. The number of nitrogens with two attached hydrogens (primary N) is 1. The maximum Gasteiger partial charge on any atom is 0.0594 e. The smallest absolute Gasteiger partial charge is 0.0594 e. The van der Waals surface area contributed by atoms with Gasteiger partial charge in [0.2, 0.25) is 0 Å². The molecule has 19 heavy (non-hydrogen) atoms. The molecule has 0 atom stereocenters. The van der Waals surface area contributed by atoms with Crippen LogP contribution < -0.4 is 5.73 Å². The van der Waals surface area contributed by atoms with Crippen LogP contribution in [0.3, 0.4) is 0 Å². The van der Waals surface area contributed by atoms with E-state index in [0.29, 0.717) is 0 Å². The Morgan fingerprint density at radius 3 is 1.95 bits per heavy atom. The van der Waals surface area contributed by atoms with E-state index in [1.54, 1.807) is 0 Å². The summed E-state index contributed by atoms with van der Waals surface area (Å²) in [5, 5.41) is 0. The van der Waals surface area contributed by atoms with Crippen molar-refractivity contribution in [2.45, 2.75) is 12.8 Å². The molecule has 2 rings (SSSR count). The van der Waals surface area contributed by atoms with E-state index in [-0.39, 0.29) is 0 Å². The van der Waals surface area contributed by atoms with Crippen LogP contribution in [0.15, 0.2) is 0 Å². The molecule has 0 bridgehead atoms. The van der Waals surface area contributed by atoms with Gasteiger partial charge in [0.05, 0.1) is 13.2 Å². The first-order valence-electron chi connectivity index (χ1n) is 7.83. The molecule has 2 saturated heterocycles. The Balaban J connectivity index is 1.61. The predicted molar refractivity (Wildman–Crippen MR) is 78.4 cm³/mol. The SMILES string of the molecule is NCCCN1CCCN(CCN2CCOCC2)CC1. The highest BCUT2D eigenvalue weighted by atomic mass is 16.5. The summed E-state index contributed by atoms with van der Waals surface area (Å²) in [5.74, 6) is 0. The minimum absolute atomic E-state index is 0.817. The third kappa shape index (κ3) is 5.75. The molecule has 0 aliphatic carbocycles. The minimum atomic E-state index is 0.817. The van der Waals surface area contributed by atoms with Crippen molar-refractivity contribution in [3.8, 4) is 0 Å². The van der Waals surface area contributed by atoms with E-state index >= 15 is 0 Å². The van der Waals surface area contributed by atoms with Crippen LogP contribution in [0.2, 0.25) is 0 Å². The Kier molecular flexibility index (Phi) is 7.09. The van der Waals surface area contributed by atoms with Gasteiger partial charge in [0.15, 0.2) is 0 Å². The second-order valence-corrected chi connectivity index (χ2v) is 5.63. The molecule has 2 N–H and O–H groups in total. The molecule has 0 aromatic heterocycles. The first-order valence-corrected chi connectivity index (χ1v) is 7.83. The Labute approximate surface area is 117 Å². The minimum Gasteiger partial charge on any atom is -0.379 e. The van der Waals surface area contributed by atoms with Gasteiger partial charge in [-0.1, -0.05) is 0 Å². The maximum atomic E-state index is 5.59. The number of ether oxygens (including phenoxy) is 1. The van der Waals surface area contributed by atoms with Gasteiger partial charge in [-0.3, -0.25) is 4.90 Å². The molecule has 2 aliphatic rings. The van der Waals surface area contributed by atoms with Crippen molar-refractivity contribution in [3.63, 3.8) is 0 Å². The second-order valence-electron chi connectivity index (χ2n) is 5.63. The van der Waals surface area contributed by atoms with Gasteiger partial charge in [0.25, 0.3) is 0 Å². The summed E-state index contributed by atoms with van der Waals surface area (Å²) in [6, 6.07) is 0. The lowest BCUT2D eigenvalue weighted by atomic mass is 10.3. The maximum absolute atomic E-state index is 5.59. The van der Waals surface area contributed by atoms with E-state index in [0.717, 1.165) is 39.3 Å². The Morgan fingerprint density at radius 1 is 0.737 bits per heavy atom. The fraction of sp³-hybridized carbons (Fsp3) is 1.00. The topological polar surface area (TPSA) is 45.0 Å². The summed E-state index contributed by atoms with van der Waals surface area (Å²) in [7, 11) is 0. The molecule has 2 fully saturated rings. The van der Waals surface area contributed by atoms with Gasteiger partial charge < -0.3 is 20.3 Å². The fourth-order valence-electron chi connectivity index (χ4n) is 2.89. The fourth-order valence-corrected chi connectivity index (χ4v) is 2.89. The molecule has 2 aliphatic heterocycles. The summed E-state index contributed by atoms with van der Waals surface area (Å²) in [6.45, 7) is 13.4. The first-order chi connectivity index (χ1) is 9.38. The molecule has 5 nitrogen and oxygen atoms in total. The average molecular weight is 270 g/mol. The van der Waals surface area contributed by atoms with Crippen molar-refractivity contribution in [2.75, 3.05) is 78.7 Å². The summed E-state index contributed by atoms with van der Waals surface area (Å²) in [5.41, 5.74) is 5.59. The zero-order valence-electron chi connectivity index (χ0n) is 12.2. The van der Waals surface area contributed by atoms with Gasteiger partial charge in [0, 0.05) is 39.3 Å². The van der Waals surface area contributed by atoms with Crippen LogP contribution in [-0.2, 0) is 4.74 Å². The molecule has 0 spiro atoms. The number of nitrogens with zero attached hydrogens (tertiary/aromatic N) is 3. The summed E-state index contributed by atoms with van der Waals surface area (Å²) >= 11 is 0. The summed E-state index contributed by atoms with van der Waals surface area (Å²) in [4.78, 5) is 7.72. The molecule has 0 unspecified atom stereocenters. The second kappa shape index (κ2) is 8.87. The van der Waals surface area contributed by atoms with Gasteiger partial charge in [-0.15, -0.1) is 0 Å². The highest BCUT2D eigenvalue weighted by molar-refractivity contribution is 4.72. The van der Waals surface area contributed by atoms with E-state index in [1.807, 2.05) is 0 Å². The van der Waals surface area contributed by atoms with Crippen LogP contribution in [0.25, 0.3) is 0 Å². The lowest BCUT2D eigenvalue weighted by Gasteiger charge is -2.29. The Hall–Kier alpha value is -0.200. The predicted octanol–water partition coefficient (Wildman–Crippen LogP) is -0.325. The molecule has 0 saturated carbocycles.